The summed E-state index contributed by atoms with van der Waals surface area (Å²) in [7, 11) is 1.60. The van der Waals surface area contributed by atoms with Crippen LogP contribution in [0.5, 0.6) is 5.88 Å². The van der Waals surface area contributed by atoms with Gasteiger partial charge in [0.15, 0.2) is 0 Å². The van der Waals surface area contributed by atoms with Gasteiger partial charge in [0.05, 0.1) is 12.7 Å². The maximum atomic E-state index is 11.3. The first-order chi connectivity index (χ1) is 7.52. The summed E-state index contributed by atoms with van der Waals surface area (Å²) < 4.78 is 10.4. The van der Waals surface area contributed by atoms with Crippen molar-refractivity contribution in [3.05, 3.63) is 22.2 Å². The van der Waals surface area contributed by atoms with Gasteiger partial charge in [-0.05, 0) is 6.92 Å². The highest BCUT2D eigenvalue weighted by Crippen LogP contribution is 2.11. The predicted octanol–water partition coefficient (Wildman–Crippen LogP) is 1.31. The molecule has 0 radical (unpaired) electrons. The molecule has 0 aromatic carbocycles. The Labute approximate surface area is 94.8 Å². The van der Waals surface area contributed by atoms with Gasteiger partial charge in [-0.1, -0.05) is 13.8 Å². The molecule has 90 valence electrons. The van der Waals surface area contributed by atoms with Crippen molar-refractivity contribution in [3.63, 3.8) is 0 Å². The number of aromatic nitrogens is 2. The quantitative estimate of drug-likeness (QED) is 0.822. The first-order valence-corrected chi connectivity index (χ1v) is 5.29. The Morgan fingerprint density at radius 1 is 1.44 bits per heavy atom. The van der Waals surface area contributed by atoms with Gasteiger partial charge in [0, 0.05) is 13.0 Å². The van der Waals surface area contributed by atoms with Crippen molar-refractivity contribution in [2.24, 2.45) is 0 Å². The standard InChI is InChI=1S/C11H18N2O3/c1-7(2)11-12-9(14)5-10(13-11)16-8(3)6-15-4/h5,7-8H,6H2,1-4H3,(H,12,13,14). The minimum Gasteiger partial charge on any atom is -0.472 e. The van der Waals surface area contributed by atoms with E-state index in [0.717, 1.165) is 0 Å². The Morgan fingerprint density at radius 2 is 2.12 bits per heavy atom. The number of rotatable bonds is 5. The van der Waals surface area contributed by atoms with Crippen molar-refractivity contribution in [1.29, 1.82) is 0 Å². The monoisotopic (exact) mass is 226 g/mol. The average molecular weight is 226 g/mol. The number of nitrogens with one attached hydrogen (secondary N) is 1. The number of nitrogens with zero attached hydrogens (tertiary/aromatic N) is 1. The zero-order valence-corrected chi connectivity index (χ0v) is 10.1. The average Bonchev–Trinajstić information content (AvgIpc) is 2.16. The molecule has 16 heavy (non-hydrogen) atoms. The van der Waals surface area contributed by atoms with E-state index in [4.69, 9.17) is 9.47 Å². The van der Waals surface area contributed by atoms with E-state index >= 15 is 0 Å². The third kappa shape index (κ3) is 3.66. The van der Waals surface area contributed by atoms with Crippen molar-refractivity contribution in [1.82, 2.24) is 9.97 Å². The van der Waals surface area contributed by atoms with E-state index in [1.54, 1.807) is 7.11 Å². The number of methoxy groups -OCH3 is 1. The number of H-pyrrole nitrogens is 1. The van der Waals surface area contributed by atoms with Crippen LogP contribution in [0.1, 0.15) is 32.5 Å². The molecule has 1 rings (SSSR count). The van der Waals surface area contributed by atoms with E-state index in [0.29, 0.717) is 18.3 Å². The first kappa shape index (κ1) is 12.7. The van der Waals surface area contributed by atoms with Crippen LogP contribution in [0.3, 0.4) is 0 Å². The lowest BCUT2D eigenvalue weighted by Crippen LogP contribution is -2.21. The normalized spacial score (nSPS) is 12.8. The van der Waals surface area contributed by atoms with Crippen LogP contribution in [0.15, 0.2) is 10.9 Å². The number of hydrogen-bond acceptors (Lipinski definition) is 4. The maximum Gasteiger partial charge on any atom is 0.254 e. The lowest BCUT2D eigenvalue weighted by Gasteiger charge is -2.13. The third-order valence-corrected chi connectivity index (χ3v) is 2.01. The van der Waals surface area contributed by atoms with Gasteiger partial charge in [0.2, 0.25) is 5.88 Å². The molecule has 0 amide bonds. The second-order valence-electron chi connectivity index (χ2n) is 4.01. The molecule has 5 heteroatoms. The summed E-state index contributed by atoms with van der Waals surface area (Å²) in [5.74, 6) is 1.14. The minimum atomic E-state index is -0.196. The van der Waals surface area contributed by atoms with Gasteiger partial charge in [-0.2, -0.15) is 4.98 Å². The zero-order chi connectivity index (χ0) is 12.1. The Balaban J connectivity index is 2.84. The highest BCUT2D eigenvalue weighted by Gasteiger charge is 2.09. The Bertz CT molecular complexity index is 387. The smallest absolute Gasteiger partial charge is 0.254 e. The molecule has 1 aromatic heterocycles. The molecular formula is C11H18N2O3. The third-order valence-electron chi connectivity index (χ3n) is 2.01. The van der Waals surface area contributed by atoms with Gasteiger partial charge in [-0.25, -0.2) is 0 Å². The fourth-order valence-electron chi connectivity index (χ4n) is 1.26. The summed E-state index contributed by atoms with van der Waals surface area (Å²) in [4.78, 5) is 18.2. The van der Waals surface area contributed by atoms with Gasteiger partial charge in [0.1, 0.15) is 11.9 Å². The van der Waals surface area contributed by atoms with Crippen LogP contribution in [0.4, 0.5) is 0 Å². The molecule has 0 bridgehead atoms. The van der Waals surface area contributed by atoms with Gasteiger partial charge in [0.25, 0.3) is 5.56 Å². The molecule has 0 aliphatic rings. The van der Waals surface area contributed by atoms with Crippen LogP contribution in [0, 0.1) is 0 Å². The zero-order valence-electron chi connectivity index (χ0n) is 10.1. The van der Waals surface area contributed by atoms with E-state index < -0.39 is 0 Å². The molecule has 0 aliphatic carbocycles. The molecular weight excluding hydrogens is 208 g/mol. The van der Waals surface area contributed by atoms with Crippen LogP contribution in [-0.2, 0) is 4.74 Å². The molecule has 0 spiro atoms. The van der Waals surface area contributed by atoms with Crippen LogP contribution in [0.2, 0.25) is 0 Å². The number of aromatic amines is 1. The summed E-state index contributed by atoms with van der Waals surface area (Å²) in [6, 6.07) is 1.35. The topological polar surface area (TPSA) is 64.2 Å². The van der Waals surface area contributed by atoms with Gasteiger partial charge < -0.3 is 14.5 Å². The fourth-order valence-corrected chi connectivity index (χ4v) is 1.26. The van der Waals surface area contributed by atoms with Gasteiger partial charge in [-0.15, -0.1) is 0 Å². The van der Waals surface area contributed by atoms with Crippen molar-refractivity contribution >= 4 is 0 Å². The van der Waals surface area contributed by atoms with Crippen LogP contribution in [0.25, 0.3) is 0 Å². The molecule has 1 aromatic rings. The van der Waals surface area contributed by atoms with E-state index in [1.807, 2.05) is 20.8 Å². The Kier molecular flexibility index (Phi) is 4.49. The van der Waals surface area contributed by atoms with Crippen molar-refractivity contribution in [2.75, 3.05) is 13.7 Å². The summed E-state index contributed by atoms with van der Waals surface area (Å²) in [5.41, 5.74) is -0.196. The summed E-state index contributed by atoms with van der Waals surface area (Å²) in [5, 5.41) is 0. The van der Waals surface area contributed by atoms with E-state index in [1.165, 1.54) is 6.07 Å². The summed E-state index contributed by atoms with van der Waals surface area (Å²) in [6.45, 7) is 6.24. The first-order valence-electron chi connectivity index (χ1n) is 5.29. The molecule has 1 heterocycles. The molecule has 5 nitrogen and oxygen atoms in total. The number of hydrogen-bond donors (Lipinski definition) is 1. The Morgan fingerprint density at radius 3 is 2.69 bits per heavy atom. The van der Waals surface area contributed by atoms with Crippen LogP contribution in [-0.4, -0.2) is 29.8 Å². The molecule has 0 saturated carbocycles. The van der Waals surface area contributed by atoms with E-state index in [-0.39, 0.29) is 17.6 Å². The largest absolute Gasteiger partial charge is 0.472 e. The molecule has 1 atom stereocenters. The maximum absolute atomic E-state index is 11.3. The van der Waals surface area contributed by atoms with Crippen molar-refractivity contribution in [2.45, 2.75) is 32.8 Å². The lowest BCUT2D eigenvalue weighted by atomic mass is 10.2. The van der Waals surface area contributed by atoms with E-state index in [2.05, 4.69) is 9.97 Å². The van der Waals surface area contributed by atoms with Crippen LogP contribution < -0.4 is 10.3 Å². The van der Waals surface area contributed by atoms with Crippen LogP contribution >= 0.6 is 0 Å². The summed E-state index contributed by atoms with van der Waals surface area (Å²) >= 11 is 0. The van der Waals surface area contributed by atoms with Gasteiger partial charge in [-0.3, -0.25) is 4.79 Å². The molecule has 1 unspecified atom stereocenters. The summed E-state index contributed by atoms with van der Waals surface area (Å²) in [6.07, 6.45) is -0.126. The van der Waals surface area contributed by atoms with Gasteiger partial charge >= 0.3 is 0 Å². The SMILES string of the molecule is COCC(C)Oc1cc(=O)[nH]c(C(C)C)n1. The van der Waals surface area contributed by atoms with Crippen molar-refractivity contribution in [3.8, 4) is 5.88 Å². The highest BCUT2D eigenvalue weighted by molar-refractivity contribution is 5.10. The fraction of sp³-hybridized carbons (Fsp3) is 0.636. The molecule has 0 aliphatic heterocycles. The van der Waals surface area contributed by atoms with Crippen molar-refractivity contribution < 1.29 is 9.47 Å². The number of ether oxygens (including phenoxy) is 2. The van der Waals surface area contributed by atoms with E-state index in [9.17, 15) is 4.79 Å². The molecule has 1 N–H and O–H groups in total. The molecule has 0 saturated heterocycles. The lowest BCUT2D eigenvalue weighted by molar-refractivity contribution is 0.0885. The second-order valence-corrected chi connectivity index (χ2v) is 4.01. The second kappa shape index (κ2) is 5.65. The highest BCUT2D eigenvalue weighted by atomic mass is 16.5. The Hall–Kier alpha value is -1.36. The minimum absolute atomic E-state index is 0.126. The predicted molar refractivity (Wildman–Crippen MR) is 60.9 cm³/mol. The molecule has 0 fully saturated rings.